The minimum atomic E-state index is 0.0564. The molecule has 1 aliphatic rings. The van der Waals surface area contributed by atoms with E-state index in [1.807, 2.05) is 47.7 Å². The van der Waals surface area contributed by atoms with Crippen LogP contribution in [0, 0.1) is 24.5 Å². The Bertz CT molecular complexity index is 816. The zero-order valence-electron chi connectivity index (χ0n) is 14.7. The Balaban J connectivity index is 1.73. The molecule has 0 saturated carbocycles. The molecule has 3 rings (SSSR count). The van der Waals surface area contributed by atoms with E-state index in [4.69, 9.17) is 12.2 Å². The van der Waals surface area contributed by atoms with Crippen molar-refractivity contribution in [3.63, 3.8) is 0 Å². The first kappa shape index (κ1) is 17.0. The molecule has 8 heteroatoms. The van der Waals surface area contributed by atoms with Gasteiger partial charge in [0.05, 0.1) is 6.67 Å². The maximum Gasteiger partial charge on any atom is 0.254 e. The summed E-state index contributed by atoms with van der Waals surface area (Å²) in [5.74, 6) is 0.932. The normalized spacial score (nSPS) is 16.3. The van der Waals surface area contributed by atoms with E-state index in [0.29, 0.717) is 17.2 Å². The molecule has 1 amide bonds. The molecule has 2 aromatic heterocycles. The first-order valence-electron chi connectivity index (χ1n) is 8.32. The van der Waals surface area contributed by atoms with Crippen molar-refractivity contribution in [2.45, 2.75) is 34.4 Å². The highest BCUT2D eigenvalue weighted by Crippen LogP contribution is 2.11. The van der Waals surface area contributed by atoms with Crippen molar-refractivity contribution >= 4 is 23.9 Å². The fraction of sp³-hybridized carbons (Fsp3) is 0.625. The van der Waals surface area contributed by atoms with Gasteiger partial charge in [0.25, 0.3) is 5.78 Å². The number of carbonyl (C=O) groups excluding carboxylic acids is 1. The Morgan fingerprint density at radius 3 is 2.54 bits per heavy atom. The Morgan fingerprint density at radius 1 is 1.25 bits per heavy atom. The lowest BCUT2D eigenvalue weighted by atomic mass is 10.1. The summed E-state index contributed by atoms with van der Waals surface area (Å²) in [4.78, 5) is 20.7. The van der Waals surface area contributed by atoms with Gasteiger partial charge in [0.15, 0.2) is 0 Å². The number of hydrogen-bond donors (Lipinski definition) is 0. The fourth-order valence-corrected chi connectivity index (χ4v) is 3.41. The number of aromatic nitrogens is 4. The van der Waals surface area contributed by atoms with Crippen LogP contribution in [-0.4, -0.2) is 61.1 Å². The van der Waals surface area contributed by atoms with Gasteiger partial charge in [-0.15, -0.1) is 5.10 Å². The number of nitrogens with zero attached hydrogens (tertiary/aromatic N) is 6. The lowest BCUT2D eigenvalue weighted by Gasteiger charge is -2.35. The predicted molar refractivity (Wildman–Crippen MR) is 94.3 cm³/mol. The second-order valence-electron chi connectivity index (χ2n) is 6.70. The number of fused-ring (bicyclic) bond motifs is 1. The molecule has 24 heavy (non-hydrogen) atoms. The topological polar surface area (TPSA) is 58.7 Å². The van der Waals surface area contributed by atoms with Gasteiger partial charge in [-0.25, -0.2) is 9.67 Å². The van der Waals surface area contributed by atoms with Gasteiger partial charge in [-0.3, -0.25) is 14.1 Å². The van der Waals surface area contributed by atoms with Crippen LogP contribution >= 0.6 is 12.2 Å². The Labute approximate surface area is 146 Å². The van der Waals surface area contributed by atoms with Gasteiger partial charge in [-0.2, -0.15) is 0 Å². The molecule has 0 bridgehead atoms. The molecule has 7 nitrogen and oxygen atoms in total. The number of piperazine rings is 1. The SMILES string of the molecule is Cc1cc(C)n2c(=S)n(CN3CCN(C(=O)C(C)C)CC3)nc2n1. The van der Waals surface area contributed by atoms with Crippen LogP contribution in [-0.2, 0) is 11.5 Å². The van der Waals surface area contributed by atoms with Crippen LogP contribution in [0.5, 0.6) is 0 Å². The van der Waals surface area contributed by atoms with E-state index in [0.717, 1.165) is 37.6 Å². The summed E-state index contributed by atoms with van der Waals surface area (Å²) in [6, 6.07) is 2.01. The summed E-state index contributed by atoms with van der Waals surface area (Å²) in [5.41, 5.74) is 1.98. The van der Waals surface area contributed by atoms with Crippen LogP contribution < -0.4 is 0 Å². The number of carbonyl (C=O) groups is 1. The second kappa shape index (κ2) is 6.60. The number of amides is 1. The van der Waals surface area contributed by atoms with E-state index >= 15 is 0 Å². The molecule has 1 fully saturated rings. The zero-order valence-corrected chi connectivity index (χ0v) is 15.5. The first-order chi connectivity index (χ1) is 11.4. The molecule has 3 heterocycles. The van der Waals surface area contributed by atoms with Crippen LogP contribution in [0.2, 0.25) is 0 Å². The maximum atomic E-state index is 12.1. The molecule has 1 aliphatic heterocycles. The predicted octanol–water partition coefficient (Wildman–Crippen LogP) is 1.63. The van der Waals surface area contributed by atoms with Crippen molar-refractivity contribution in [1.29, 1.82) is 0 Å². The van der Waals surface area contributed by atoms with E-state index in [2.05, 4.69) is 15.0 Å². The molecule has 0 unspecified atom stereocenters. The molecule has 2 aromatic rings. The Hall–Kier alpha value is -1.80. The minimum Gasteiger partial charge on any atom is -0.340 e. The summed E-state index contributed by atoms with van der Waals surface area (Å²) >= 11 is 5.56. The van der Waals surface area contributed by atoms with Crippen molar-refractivity contribution in [3.8, 4) is 0 Å². The van der Waals surface area contributed by atoms with E-state index in [1.54, 1.807) is 0 Å². The summed E-state index contributed by atoms with van der Waals surface area (Å²) in [6.45, 7) is 11.7. The highest BCUT2D eigenvalue weighted by atomic mass is 32.1. The minimum absolute atomic E-state index is 0.0564. The van der Waals surface area contributed by atoms with E-state index < -0.39 is 0 Å². The average molecular weight is 348 g/mol. The van der Waals surface area contributed by atoms with Crippen molar-refractivity contribution in [2.75, 3.05) is 26.2 Å². The van der Waals surface area contributed by atoms with Crippen LogP contribution in [0.15, 0.2) is 6.07 Å². The molecule has 0 N–H and O–H groups in total. The summed E-state index contributed by atoms with van der Waals surface area (Å²) in [5, 5.41) is 4.55. The monoisotopic (exact) mass is 348 g/mol. The van der Waals surface area contributed by atoms with Gasteiger partial charge in [-0.1, -0.05) is 13.8 Å². The quantitative estimate of drug-likeness (QED) is 0.789. The highest BCUT2D eigenvalue weighted by Gasteiger charge is 2.23. The molecule has 0 spiro atoms. The summed E-state index contributed by atoms with van der Waals surface area (Å²) in [6.07, 6.45) is 0. The molecule has 0 radical (unpaired) electrons. The highest BCUT2D eigenvalue weighted by molar-refractivity contribution is 7.71. The molecule has 0 aliphatic carbocycles. The molecule has 0 atom stereocenters. The van der Waals surface area contributed by atoms with Gasteiger partial charge >= 0.3 is 0 Å². The number of aryl methyl sites for hydroxylation is 2. The van der Waals surface area contributed by atoms with Gasteiger partial charge in [0.2, 0.25) is 10.7 Å². The van der Waals surface area contributed by atoms with Crippen molar-refractivity contribution in [2.24, 2.45) is 5.92 Å². The average Bonchev–Trinajstić information content (AvgIpc) is 2.83. The molecular weight excluding hydrogens is 324 g/mol. The van der Waals surface area contributed by atoms with Crippen molar-refractivity contribution in [3.05, 3.63) is 22.2 Å². The van der Waals surface area contributed by atoms with Crippen LogP contribution in [0.4, 0.5) is 0 Å². The van der Waals surface area contributed by atoms with E-state index in [1.165, 1.54) is 0 Å². The van der Waals surface area contributed by atoms with E-state index in [9.17, 15) is 4.79 Å². The smallest absolute Gasteiger partial charge is 0.254 e. The van der Waals surface area contributed by atoms with Crippen molar-refractivity contribution in [1.82, 2.24) is 29.0 Å². The number of hydrogen-bond acceptors (Lipinski definition) is 5. The molecule has 0 aromatic carbocycles. The summed E-state index contributed by atoms with van der Waals surface area (Å²) < 4.78 is 4.39. The standard InChI is InChI=1S/C16H24N6OS/c1-11(2)14(23)20-7-5-19(6-8-20)10-21-16(24)22-13(4)9-12(3)17-15(22)18-21/h9,11H,5-8,10H2,1-4H3. The van der Waals surface area contributed by atoms with Crippen LogP contribution in [0.25, 0.3) is 5.78 Å². The lowest BCUT2D eigenvalue weighted by Crippen LogP contribution is -2.50. The van der Waals surface area contributed by atoms with Gasteiger partial charge in [0.1, 0.15) is 0 Å². The van der Waals surface area contributed by atoms with E-state index in [-0.39, 0.29) is 11.8 Å². The Morgan fingerprint density at radius 2 is 1.92 bits per heavy atom. The largest absolute Gasteiger partial charge is 0.340 e. The van der Waals surface area contributed by atoms with Crippen LogP contribution in [0.3, 0.4) is 0 Å². The fourth-order valence-electron chi connectivity index (χ4n) is 3.09. The zero-order chi connectivity index (χ0) is 17.4. The summed E-state index contributed by atoms with van der Waals surface area (Å²) in [7, 11) is 0. The third kappa shape index (κ3) is 3.21. The third-order valence-electron chi connectivity index (χ3n) is 4.38. The molecule has 130 valence electrons. The number of rotatable bonds is 3. The Kier molecular flexibility index (Phi) is 4.69. The molecule has 1 saturated heterocycles. The van der Waals surface area contributed by atoms with Gasteiger partial charge < -0.3 is 4.90 Å². The van der Waals surface area contributed by atoms with Gasteiger partial charge in [0, 0.05) is 43.5 Å². The first-order valence-corrected chi connectivity index (χ1v) is 8.72. The maximum absolute atomic E-state index is 12.1. The van der Waals surface area contributed by atoms with Crippen LogP contribution in [0.1, 0.15) is 25.2 Å². The molecular formula is C16H24N6OS. The lowest BCUT2D eigenvalue weighted by molar-refractivity contribution is -0.136. The second-order valence-corrected chi connectivity index (χ2v) is 7.06. The van der Waals surface area contributed by atoms with Crippen molar-refractivity contribution < 1.29 is 4.79 Å². The van der Waals surface area contributed by atoms with Gasteiger partial charge in [-0.05, 0) is 32.1 Å². The third-order valence-corrected chi connectivity index (χ3v) is 4.77.